The first kappa shape index (κ1) is 16.1. The third-order valence-electron chi connectivity index (χ3n) is 5.45. The van der Waals surface area contributed by atoms with Gasteiger partial charge in [-0.15, -0.1) is 0 Å². The fourth-order valence-electron chi connectivity index (χ4n) is 4.23. The minimum absolute atomic E-state index is 0.132. The van der Waals surface area contributed by atoms with Gasteiger partial charge < -0.3 is 24.2 Å². The molecular formula is C20H17NO6. The van der Waals surface area contributed by atoms with Crippen LogP contribution in [0.2, 0.25) is 0 Å². The molecule has 2 saturated heterocycles. The quantitative estimate of drug-likeness (QED) is 0.837. The van der Waals surface area contributed by atoms with Crippen LogP contribution in [0.15, 0.2) is 48.5 Å². The summed E-state index contributed by atoms with van der Waals surface area (Å²) in [7, 11) is 0. The molecule has 7 nitrogen and oxygen atoms in total. The van der Waals surface area contributed by atoms with Gasteiger partial charge in [-0.3, -0.25) is 9.59 Å². The van der Waals surface area contributed by atoms with Gasteiger partial charge >= 0.3 is 5.97 Å². The van der Waals surface area contributed by atoms with Crippen molar-refractivity contribution < 1.29 is 28.9 Å². The van der Waals surface area contributed by atoms with Crippen molar-refractivity contribution >= 4 is 11.9 Å². The molecule has 4 atom stereocenters. The Morgan fingerprint density at radius 2 is 1.81 bits per heavy atom. The second kappa shape index (κ2) is 5.99. The number of carbonyl (C=O) groups excluding carboxylic acids is 1. The number of nitrogens with zero attached hydrogens (tertiary/aromatic N) is 1. The van der Waals surface area contributed by atoms with Crippen molar-refractivity contribution in [2.24, 2.45) is 5.92 Å². The maximum Gasteiger partial charge on any atom is 0.316 e. The fraction of sp³-hybridized carbons (Fsp3) is 0.300. The number of aliphatic carboxylic acids is 1. The maximum atomic E-state index is 13.0. The van der Waals surface area contributed by atoms with Crippen LogP contribution in [-0.2, 0) is 14.3 Å². The van der Waals surface area contributed by atoms with Gasteiger partial charge in [-0.1, -0.05) is 36.4 Å². The van der Waals surface area contributed by atoms with Crippen LogP contribution in [-0.4, -0.2) is 41.5 Å². The van der Waals surface area contributed by atoms with Crippen LogP contribution in [0.25, 0.3) is 0 Å². The Morgan fingerprint density at radius 1 is 1.04 bits per heavy atom. The zero-order valence-electron chi connectivity index (χ0n) is 14.3. The van der Waals surface area contributed by atoms with Crippen molar-refractivity contribution in [3.63, 3.8) is 0 Å². The van der Waals surface area contributed by atoms with Gasteiger partial charge in [-0.25, -0.2) is 0 Å². The minimum Gasteiger partial charge on any atom is -0.481 e. The molecule has 7 heteroatoms. The van der Waals surface area contributed by atoms with Crippen molar-refractivity contribution in [2.45, 2.75) is 18.2 Å². The molecule has 5 rings (SSSR count). The lowest BCUT2D eigenvalue weighted by molar-refractivity contribution is -0.148. The van der Waals surface area contributed by atoms with Gasteiger partial charge in [0.05, 0.1) is 18.6 Å². The van der Waals surface area contributed by atoms with E-state index in [0.717, 1.165) is 5.56 Å². The molecule has 3 heterocycles. The lowest BCUT2D eigenvalue weighted by Gasteiger charge is -2.23. The van der Waals surface area contributed by atoms with Crippen LogP contribution in [0, 0.1) is 5.92 Å². The summed E-state index contributed by atoms with van der Waals surface area (Å²) in [4.78, 5) is 26.6. The Kier molecular flexibility index (Phi) is 3.58. The number of benzene rings is 2. The molecule has 0 aromatic heterocycles. The molecule has 0 unspecified atom stereocenters. The number of ether oxygens (including phenoxy) is 3. The molecule has 0 saturated carbocycles. The van der Waals surface area contributed by atoms with E-state index in [1.165, 1.54) is 0 Å². The number of hydrogen-bond acceptors (Lipinski definition) is 5. The van der Waals surface area contributed by atoms with Gasteiger partial charge in [0.1, 0.15) is 12.1 Å². The van der Waals surface area contributed by atoms with Gasteiger partial charge in [0.25, 0.3) is 0 Å². The second-order valence-corrected chi connectivity index (χ2v) is 6.85. The monoisotopic (exact) mass is 367 g/mol. The van der Waals surface area contributed by atoms with Crippen molar-refractivity contribution in [2.75, 3.05) is 13.4 Å². The van der Waals surface area contributed by atoms with E-state index in [2.05, 4.69) is 0 Å². The van der Waals surface area contributed by atoms with Crippen molar-refractivity contribution in [1.82, 2.24) is 4.90 Å². The van der Waals surface area contributed by atoms with Gasteiger partial charge in [0.15, 0.2) is 11.5 Å². The summed E-state index contributed by atoms with van der Waals surface area (Å²) in [6.07, 6.45) is -0.621. The number of fused-ring (bicyclic) bond motifs is 2. The van der Waals surface area contributed by atoms with E-state index >= 15 is 0 Å². The summed E-state index contributed by atoms with van der Waals surface area (Å²) in [5.74, 6) is -2.20. The first-order valence-corrected chi connectivity index (χ1v) is 8.76. The van der Waals surface area contributed by atoms with Crippen LogP contribution in [0.5, 0.6) is 11.5 Å². The highest BCUT2D eigenvalue weighted by atomic mass is 16.7. The fourth-order valence-corrected chi connectivity index (χ4v) is 4.23. The Hall–Kier alpha value is -3.06. The molecule has 0 spiro atoms. The predicted molar refractivity (Wildman–Crippen MR) is 92.2 cm³/mol. The summed E-state index contributed by atoms with van der Waals surface area (Å²) in [6.45, 7) is 0.473. The lowest BCUT2D eigenvalue weighted by Crippen LogP contribution is -2.33. The Morgan fingerprint density at radius 3 is 2.59 bits per heavy atom. The summed E-state index contributed by atoms with van der Waals surface area (Å²) in [5, 5.41) is 9.76. The van der Waals surface area contributed by atoms with E-state index in [0.29, 0.717) is 23.7 Å². The zero-order valence-corrected chi connectivity index (χ0v) is 14.3. The van der Waals surface area contributed by atoms with E-state index in [9.17, 15) is 14.7 Å². The molecule has 2 aromatic carbocycles. The van der Waals surface area contributed by atoms with Crippen LogP contribution < -0.4 is 9.47 Å². The van der Waals surface area contributed by atoms with Crippen LogP contribution in [0.4, 0.5) is 0 Å². The molecule has 27 heavy (non-hydrogen) atoms. The average Bonchev–Trinajstić information content (AvgIpc) is 3.37. The van der Waals surface area contributed by atoms with E-state index in [1.807, 2.05) is 30.3 Å². The van der Waals surface area contributed by atoms with Crippen LogP contribution in [0.1, 0.15) is 23.1 Å². The zero-order chi connectivity index (χ0) is 18.5. The largest absolute Gasteiger partial charge is 0.481 e. The third kappa shape index (κ3) is 2.39. The lowest BCUT2D eigenvalue weighted by atomic mass is 9.87. The molecule has 0 radical (unpaired) electrons. The third-order valence-corrected chi connectivity index (χ3v) is 5.45. The highest BCUT2D eigenvalue weighted by molar-refractivity contribution is 6.00. The first-order valence-electron chi connectivity index (χ1n) is 8.76. The number of carboxylic acid groups (broad SMARTS) is 1. The van der Waals surface area contributed by atoms with Gasteiger partial charge in [-0.2, -0.15) is 0 Å². The molecule has 0 bridgehead atoms. The topological polar surface area (TPSA) is 85.3 Å². The first-order chi connectivity index (χ1) is 13.1. The summed E-state index contributed by atoms with van der Waals surface area (Å²) in [6, 6.07) is 14.5. The summed E-state index contributed by atoms with van der Waals surface area (Å²) in [5.41, 5.74) is 1.63. The number of carbonyl (C=O) groups is 2. The normalized spacial score (nSPS) is 28.4. The van der Waals surface area contributed by atoms with Crippen LogP contribution in [0.3, 0.4) is 0 Å². The molecular weight excluding hydrogens is 350 g/mol. The predicted octanol–water partition coefficient (Wildman–Crippen LogP) is 2.14. The second-order valence-electron chi connectivity index (χ2n) is 6.85. The maximum absolute atomic E-state index is 13.0. The molecule has 0 aliphatic carbocycles. The summed E-state index contributed by atoms with van der Waals surface area (Å²) >= 11 is 0. The Bertz CT molecular complexity index is 914. The van der Waals surface area contributed by atoms with Crippen molar-refractivity contribution in [3.8, 4) is 11.5 Å². The minimum atomic E-state index is -1.19. The van der Waals surface area contributed by atoms with E-state index in [1.54, 1.807) is 23.1 Å². The van der Waals surface area contributed by atoms with E-state index in [-0.39, 0.29) is 12.8 Å². The highest BCUT2D eigenvalue weighted by Gasteiger charge is 2.58. The van der Waals surface area contributed by atoms with Gasteiger partial charge in [0.2, 0.25) is 12.7 Å². The molecule has 1 amide bonds. The average molecular weight is 367 g/mol. The van der Waals surface area contributed by atoms with Gasteiger partial charge in [0, 0.05) is 0 Å². The number of amides is 1. The number of rotatable bonds is 3. The molecule has 1 N–H and O–H groups in total. The molecule has 2 fully saturated rings. The molecule has 3 aliphatic heterocycles. The van der Waals surface area contributed by atoms with Crippen molar-refractivity contribution in [1.29, 1.82) is 0 Å². The van der Waals surface area contributed by atoms with Crippen LogP contribution >= 0.6 is 0 Å². The number of hydrogen-bond donors (Lipinski definition) is 1. The highest BCUT2D eigenvalue weighted by Crippen LogP contribution is 2.49. The summed E-state index contributed by atoms with van der Waals surface area (Å²) < 4.78 is 16.7. The van der Waals surface area contributed by atoms with E-state index < -0.39 is 29.9 Å². The molecule has 3 aliphatic rings. The van der Waals surface area contributed by atoms with Gasteiger partial charge in [-0.05, 0) is 23.3 Å². The Balaban J connectivity index is 1.55. The van der Waals surface area contributed by atoms with Crippen molar-refractivity contribution in [3.05, 3.63) is 59.7 Å². The van der Waals surface area contributed by atoms with E-state index in [4.69, 9.17) is 14.2 Å². The SMILES string of the molecule is O=C(O)[C@@H]1C(=O)N2[C@@H](c3ccccc3)CO[C@@H]2[C@H]1c1ccc2c(c1)OCO2. The Labute approximate surface area is 155 Å². The molecule has 2 aromatic rings. The number of carboxylic acids is 1. The molecule has 138 valence electrons. The smallest absolute Gasteiger partial charge is 0.316 e. The standard InChI is InChI=1S/C20H17NO6/c22-18-17(20(23)24)16(12-6-7-14-15(8-12)27-10-26-14)19-21(18)13(9-25-19)11-4-2-1-3-5-11/h1-8,13,16-17,19H,9-10H2,(H,23,24)/t13-,16+,17+,19-/m1/s1.